The van der Waals surface area contributed by atoms with Gasteiger partial charge in [-0.05, 0) is 11.8 Å². The highest BCUT2D eigenvalue weighted by Gasteiger charge is 2.45. The maximum Gasteiger partial charge on any atom is 0.207 e. The van der Waals surface area contributed by atoms with Crippen LogP contribution in [0.25, 0.3) is 0 Å². The van der Waals surface area contributed by atoms with Crippen molar-refractivity contribution in [1.82, 2.24) is 5.32 Å². The van der Waals surface area contributed by atoms with Gasteiger partial charge in [-0.25, -0.2) is 0 Å². The molecule has 1 saturated carbocycles. The first-order valence-corrected chi connectivity index (χ1v) is 2.86. The Hall–Kier alpha value is -0.530. The van der Waals surface area contributed by atoms with Gasteiger partial charge in [-0.1, -0.05) is 13.8 Å². The second kappa shape index (κ2) is 1.47. The van der Waals surface area contributed by atoms with Crippen molar-refractivity contribution in [3.63, 3.8) is 0 Å². The van der Waals surface area contributed by atoms with Crippen LogP contribution in [-0.2, 0) is 4.79 Å². The molecule has 0 heterocycles. The third-order valence-electron chi connectivity index (χ3n) is 1.78. The number of hydrogen-bond acceptors (Lipinski definition) is 1. The second-order valence-electron chi connectivity index (χ2n) is 3.03. The molecule has 1 rings (SSSR count). The minimum absolute atomic E-state index is 0.376. The molecule has 0 aromatic heterocycles. The van der Waals surface area contributed by atoms with Crippen LogP contribution in [0.15, 0.2) is 0 Å². The molecule has 1 aliphatic carbocycles. The Bertz CT molecular complexity index is 109. The molecule has 0 aromatic carbocycles. The van der Waals surface area contributed by atoms with Crippen LogP contribution in [-0.4, -0.2) is 12.5 Å². The lowest BCUT2D eigenvalue weighted by molar-refractivity contribution is -0.109. The Morgan fingerprint density at radius 3 is 2.38 bits per heavy atom. The van der Waals surface area contributed by atoms with E-state index < -0.39 is 0 Å². The monoisotopic (exact) mass is 113 g/mol. The van der Waals surface area contributed by atoms with E-state index in [1.165, 1.54) is 0 Å². The van der Waals surface area contributed by atoms with Gasteiger partial charge in [0.25, 0.3) is 0 Å². The zero-order chi connectivity index (χ0) is 6.20. The van der Waals surface area contributed by atoms with Crippen LogP contribution in [0.3, 0.4) is 0 Å². The molecule has 1 aliphatic rings. The maximum atomic E-state index is 9.83. The number of carbonyl (C=O) groups is 1. The molecule has 0 unspecified atom stereocenters. The summed E-state index contributed by atoms with van der Waals surface area (Å²) in [6, 6.07) is 0.444. The largest absolute Gasteiger partial charge is 0.355 e. The summed E-state index contributed by atoms with van der Waals surface area (Å²) in [6.45, 7) is 4.29. The number of hydrogen-bond donors (Lipinski definition) is 1. The lowest BCUT2D eigenvalue weighted by atomic mass is 10.2. The van der Waals surface area contributed by atoms with Crippen LogP contribution >= 0.6 is 0 Å². The van der Waals surface area contributed by atoms with Gasteiger partial charge in [-0.3, -0.25) is 4.79 Å². The highest BCUT2D eigenvalue weighted by Crippen LogP contribution is 2.44. The summed E-state index contributed by atoms with van der Waals surface area (Å²) in [5.41, 5.74) is 0.376. The molecule has 46 valence electrons. The lowest BCUT2D eigenvalue weighted by Gasteiger charge is -1.98. The van der Waals surface area contributed by atoms with Gasteiger partial charge in [0.15, 0.2) is 0 Å². The number of carbonyl (C=O) groups excluding carboxylic acids is 1. The molecule has 1 amide bonds. The summed E-state index contributed by atoms with van der Waals surface area (Å²) in [6.07, 6.45) is 1.91. The van der Waals surface area contributed by atoms with Crippen LogP contribution in [0.2, 0.25) is 0 Å². The third-order valence-corrected chi connectivity index (χ3v) is 1.78. The van der Waals surface area contributed by atoms with E-state index in [4.69, 9.17) is 0 Å². The summed E-state index contributed by atoms with van der Waals surface area (Å²) < 4.78 is 0. The van der Waals surface area contributed by atoms with Crippen molar-refractivity contribution in [2.24, 2.45) is 5.41 Å². The van der Waals surface area contributed by atoms with E-state index in [1.807, 2.05) is 0 Å². The molecule has 1 N–H and O–H groups in total. The normalized spacial score (nSPS) is 31.5. The summed E-state index contributed by atoms with van der Waals surface area (Å²) in [7, 11) is 0. The van der Waals surface area contributed by atoms with E-state index in [2.05, 4.69) is 19.2 Å². The van der Waals surface area contributed by atoms with Crippen molar-refractivity contribution < 1.29 is 4.79 Å². The van der Waals surface area contributed by atoms with Crippen molar-refractivity contribution >= 4 is 6.41 Å². The fourth-order valence-corrected chi connectivity index (χ4v) is 0.834. The minimum atomic E-state index is 0.376. The zero-order valence-electron chi connectivity index (χ0n) is 5.27. The van der Waals surface area contributed by atoms with Gasteiger partial charge >= 0.3 is 0 Å². The Balaban J connectivity index is 2.26. The van der Waals surface area contributed by atoms with Crippen LogP contribution in [0.1, 0.15) is 20.3 Å². The van der Waals surface area contributed by atoms with E-state index in [0.717, 1.165) is 12.8 Å². The van der Waals surface area contributed by atoms with E-state index in [0.29, 0.717) is 11.5 Å². The number of amides is 1. The van der Waals surface area contributed by atoms with Gasteiger partial charge in [0.2, 0.25) is 6.41 Å². The van der Waals surface area contributed by atoms with Crippen LogP contribution < -0.4 is 5.32 Å². The van der Waals surface area contributed by atoms with Gasteiger partial charge in [0.1, 0.15) is 0 Å². The summed E-state index contributed by atoms with van der Waals surface area (Å²) in [4.78, 5) is 9.83. The molecule has 0 radical (unpaired) electrons. The van der Waals surface area contributed by atoms with Crippen molar-refractivity contribution in [3.05, 3.63) is 0 Å². The van der Waals surface area contributed by atoms with Crippen LogP contribution in [0.5, 0.6) is 0 Å². The quantitative estimate of drug-likeness (QED) is 0.520. The van der Waals surface area contributed by atoms with E-state index in [1.54, 1.807) is 0 Å². The number of nitrogens with one attached hydrogen (secondary N) is 1. The minimum Gasteiger partial charge on any atom is -0.355 e. The molecule has 0 bridgehead atoms. The zero-order valence-corrected chi connectivity index (χ0v) is 5.27. The Kier molecular flexibility index (Phi) is 1.03. The van der Waals surface area contributed by atoms with Crippen LogP contribution in [0.4, 0.5) is 0 Å². The first kappa shape index (κ1) is 5.60. The summed E-state index contributed by atoms with van der Waals surface area (Å²) in [5.74, 6) is 0. The predicted octanol–water partition coefficient (Wildman–Crippen LogP) is 0.531. The van der Waals surface area contributed by atoms with Gasteiger partial charge in [-0.2, -0.15) is 0 Å². The third kappa shape index (κ3) is 0.831. The molecular formula is C6H11NO. The van der Waals surface area contributed by atoms with Gasteiger partial charge < -0.3 is 5.32 Å². The molecule has 0 aliphatic heterocycles. The van der Waals surface area contributed by atoms with Gasteiger partial charge in [0.05, 0.1) is 0 Å². The van der Waals surface area contributed by atoms with Crippen molar-refractivity contribution in [2.75, 3.05) is 0 Å². The molecule has 1 fully saturated rings. The van der Waals surface area contributed by atoms with E-state index in [9.17, 15) is 4.79 Å². The predicted molar refractivity (Wildman–Crippen MR) is 31.4 cm³/mol. The average Bonchev–Trinajstić information content (AvgIpc) is 2.15. The molecule has 1 atom stereocenters. The Labute approximate surface area is 49.3 Å². The fraction of sp³-hybridized carbons (Fsp3) is 0.833. The smallest absolute Gasteiger partial charge is 0.207 e. The Morgan fingerprint density at radius 1 is 1.75 bits per heavy atom. The van der Waals surface area contributed by atoms with E-state index in [-0.39, 0.29) is 0 Å². The molecule has 8 heavy (non-hydrogen) atoms. The van der Waals surface area contributed by atoms with Gasteiger partial charge in [0, 0.05) is 6.04 Å². The second-order valence-corrected chi connectivity index (χ2v) is 3.03. The Morgan fingerprint density at radius 2 is 2.25 bits per heavy atom. The topological polar surface area (TPSA) is 29.1 Å². The molecule has 2 heteroatoms. The SMILES string of the molecule is CC1(C)C[C@H]1NC=O. The van der Waals surface area contributed by atoms with E-state index >= 15 is 0 Å². The van der Waals surface area contributed by atoms with Gasteiger partial charge in [-0.15, -0.1) is 0 Å². The first-order valence-electron chi connectivity index (χ1n) is 2.86. The highest BCUT2D eigenvalue weighted by atomic mass is 16.1. The standard InChI is InChI=1S/C6H11NO/c1-6(2)3-5(6)7-4-8/h4-5H,3H2,1-2H3,(H,7,8)/t5-/m1/s1. The highest BCUT2D eigenvalue weighted by molar-refractivity contribution is 5.48. The average molecular weight is 113 g/mol. The molecular weight excluding hydrogens is 102 g/mol. The molecule has 2 nitrogen and oxygen atoms in total. The van der Waals surface area contributed by atoms with Crippen molar-refractivity contribution in [2.45, 2.75) is 26.3 Å². The molecule has 0 aromatic rings. The summed E-state index contributed by atoms with van der Waals surface area (Å²) >= 11 is 0. The lowest BCUT2D eigenvalue weighted by Crippen LogP contribution is -2.17. The van der Waals surface area contributed by atoms with Crippen LogP contribution in [0, 0.1) is 5.41 Å². The van der Waals surface area contributed by atoms with Crippen molar-refractivity contribution in [3.8, 4) is 0 Å². The molecule has 0 saturated heterocycles. The first-order chi connectivity index (χ1) is 3.67. The van der Waals surface area contributed by atoms with Crippen molar-refractivity contribution in [1.29, 1.82) is 0 Å². The maximum absolute atomic E-state index is 9.83. The molecule has 0 spiro atoms. The summed E-state index contributed by atoms with van der Waals surface area (Å²) in [5, 5.41) is 2.73. The fourth-order valence-electron chi connectivity index (χ4n) is 0.834. The number of rotatable bonds is 2.